The first-order valence-corrected chi connectivity index (χ1v) is 16.4. The summed E-state index contributed by atoms with van der Waals surface area (Å²) in [4.78, 5) is 13.0. The number of methoxy groups -OCH3 is 1. The van der Waals surface area contributed by atoms with Crippen molar-refractivity contribution in [2.24, 2.45) is 40.4 Å². The molecular formula is C28H52O3Si. The lowest BCUT2D eigenvalue weighted by atomic mass is 9.45. The number of carbonyl (C=O) groups excluding carboxylic acids is 1. The molecule has 0 saturated heterocycles. The summed E-state index contributed by atoms with van der Waals surface area (Å²) in [6.45, 7) is 19.7. The molecule has 3 aliphatic rings. The van der Waals surface area contributed by atoms with Gasteiger partial charge in [0.15, 0.2) is 5.60 Å². The molecule has 3 nitrogen and oxygen atoms in total. The van der Waals surface area contributed by atoms with Crippen LogP contribution in [0.1, 0.15) is 93.9 Å². The smallest absolute Gasteiger partial charge is 0.338 e. The Labute approximate surface area is 199 Å². The van der Waals surface area contributed by atoms with E-state index in [1.54, 1.807) is 0 Å². The van der Waals surface area contributed by atoms with Gasteiger partial charge in [0.05, 0.1) is 15.2 Å². The molecule has 0 heterocycles. The van der Waals surface area contributed by atoms with Crippen molar-refractivity contribution in [3.63, 3.8) is 0 Å². The van der Waals surface area contributed by atoms with E-state index in [9.17, 15) is 9.90 Å². The Morgan fingerprint density at radius 2 is 1.50 bits per heavy atom. The molecule has 2 unspecified atom stereocenters. The monoisotopic (exact) mass is 464 g/mol. The second-order valence-corrected chi connectivity index (χ2v) is 18.5. The summed E-state index contributed by atoms with van der Waals surface area (Å²) in [6, 6.07) is 4.16. The predicted octanol–water partition coefficient (Wildman–Crippen LogP) is 7.30. The van der Waals surface area contributed by atoms with E-state index in [2.05, 4.69) is 55.4 Å². The summed E-state index contributed by atoms with van der Waals surface area (Å²) in [6.07, 6.45) is 6.09. The van der Waals surface area contributed by atoms with E-state index in [0.29, 0.717) is 35.5 Å². The number of hydrogen-bond donors (Lipinski definition) is 1. The van der Waals surface area contributed by atoms with E-state index in [1.807, 2.05) is 0 Å². The fraction of sp³-hybridized carbons (Fsp3) is 0.964. The largest absolute Gasteiger partial charge is 0.467 e. The van der Waals surface area contributed by atoms with Crippen molar-refractivity contribution in [1.29, 1.82) is 0 Å². The Morgan fingerprint density at radius 3 is 2.03 bits per heavy atom. The molecule has 2 bridgehead atoms. The fourth-order valence-electron chi connectivity index (χ4n) is 9.57. The molecular weight excluding hydrogens is 412 g/mol. The summed E-state index contributed by atoms with van der Waals surface area (Å²) in [7, 11) is 0.0565. The molecule has 8 atom stereocenters. The number of aliphatic hydroxyl groups is 1. The van der Waals surface area contributed by atoms with Gasteiger partial charge in [-0.05, 0) is 79.1 Å². The molecule has 0 spiro atoms. The second kappa shape index (κ2) is 9.02. The van der Waals surface area contributed by atoms with Crippen LogP contribution in [0.3, 0.4) is 0 Å². The number of rotatable bonds is 5. The lowest BCUT2D eigenvalue weighted by Gasteiger charge is -2.63. The third-order valence-electron chi connectivity index (χ3n) is 12.0. The van der Waals surface area contributed by atoms with Gasteiger partial charge in [-0.1, -0.05) is 73.5 Å². The van der Waals surface area contributed by atoms with Gasteiger partial charge in [-0.3, -0.25) is 0 Å². The molecule has 32 heavy (non-hydrogen) atoms. The van der Waals surface area contributed by atoms with Crippen LogP contribution in [0.15, 0.2) is 0 Å². The van der Waals surface area contributed by atoms with Crippen molar-refractivity contribution in [1.82, 2.24) is 0 Å². The summed E-state index contributed by atoms with van der Waals surface area (Å²) in [5, 5.41) is 11.9. The van der Waals surface area contributed by atoms with Crippen molar-refractivity contribution in [2.75, 3.05) is 7.11 Å². The van der Waals surface area contributed by atoms with Gasteiger partial charge in [-0.25, -0.2) is 4.79 Å². The first kappa shape index (κ1) is 26.3. The summed E-state index contributed by atoms with van der Waals surface area (Å²) < 4.78 is 5.22. The summed E-state index contributed by atoms with van der Waals surface area (Å²) in [5.41, 5.74) is -0.572. The molecule has 0 aromatic carbocycles. The van der Waals surface area contributed by atoms with E-state index in [1.165, 1.54) is 38.1 Å². The first-order chi connectivity index (χ1) is 14.9. The van der Waals surface area contributed by atoms with Crippen LogP contribution in [0.25, 0.3) is 0 Å². The van der Waals surface area contributed by atoms with Gasteiger partial charge in [0.1, 0.15) is 0 Å². The highest BCUT2D eigenvalue weighted by molar-refractivity contribution is 6.81. The zero-order valence-electron chi connectivity index (χ0n) is 22.6. The number of carbonyl (C=O) groups is 1. The minimum atomic E-state index is -1.39. The van der Waals surface area contributed by atoms with Gasteiger partial charge in [-0.2, -0.15) is 0 Å². The van der Waals surface area contributed by atoms with E-state index < -0.39 is 25.1 Å². The molecule has 0 aromatic rings. The highest BCUT2D eigenvalue weighted by atomic mass is 28.3. The molecule has 0 radical (unpaired) electrons. The van der Waals surface area contributed by atoms with Crippen molar-refractivity contribution in [2.45, 2.75) is 123 Å². The summed E-state index contributed by atoms with van der Waals surface area (Å²) >= 11 is 0. The van der Waals surface area contributed by atoms with Crippen LogP contribution in [-0.4, -0.2) is 31.9 Å². The highest BCUT2D eigenvalue weighted by Gasteiger charge is 2.64. The van der Waals surface area contributed by atoms with Gasteiger partial charge < -0.3 is 9.84 Å². The molecule has 4 heteroatoms. The molecule has 3 saturated carbocycles. The third-order valence-corrected chi connectivity index (χ3v) is 18.5. The topological polar surface area (TPSA) is 46.5 Å². The Bertz CT molecular complexity index is 678. The zero-order chi connectivity index (χ0) is 24.1. The van der Waals surface area contributed by atoms with Crippen LogP contribution in [0.4, 0.5) is 0 Å². The molecule has 186 valence electrons. The van der Waals surface area contributed by atoms with Crippen LogP contribution in [0.5, 0.6) is 0 Å². The van der Waals surface area contributed by atoms with Crippen molar-refractivity contribution < 1.29 is 14.6 Å². The normalized spacial score (nSPS) is 44.2. The minimum Gasteiger partial charge on any atom is -0.467 e. The standard InChI is InChI=1S/C28H52O3Si/c1-10-32(11-2,12-3)24-17-20(5)21-14-15-27(8)22(18-23(24)26(21,6)7)19(4)13-16-28(27,30)25(29)31-9/h19-24,30H,10-18H2,1-9H3/t19-,20-,21+,22-,23-,24?,27+,28?/m1/s1. The van der Waals surface area contributed by atoms with Crippen molar-refractivity contribution in [3.8, 4) is 0 Å². The highest BCUT2D eigenvalue weighted by Crippen LogP contribution is 2.66. The van der Waals surface area contributed by atoms with Crippen LogP contribution in [-0.2, 0) is 9.53 Å². The van der Waals surface area contributed by atoms with Gasteiger partial charge in [0.2, 0.25) is 0 Å². The number of ether oxygens (including phenoxy) is 1. The third kappa shape index (κ3) is 3.65. The maximum Gasteiger partial charge on any atom is 0.338 e. The maximum atomic E-state index is 13.0. The van der Waals surface area contributed by atoms with Crippen LogP contribution >= 0.6 is 0 Å². The summed E-state index contributed by atoms with van der Waals surface area (Å²) in [5.74, 6) is 2.60. The Morgan fingerprint density at radius 1 is 0.906 bits per heavy atom. The zero-order valence-corrected chi connectivity index (χ0v) is 23.6. The van der Waals surface area contributed by atoms with E-state index >= 15 is 0 Å². The van der Waals surface area contributed by atoms with Crippen LogP contribution < -0.4 is 0 Å². The fourth-order valence-corrected chi connectivity index (χ4v) is 14.9. The average Bonchev–Trinajstić information content (AvgIpc) is 2.75. The SMILES string of the molecule is CC[Si](CC)(CC)C1C[C@@H](C)[C@@H]2CC[C@@]3(C)[C@H](C[C@H]1C2(C)C)[C@H](C)CCC3(O)C(=O)OC. The molecule has 3 rings (SSSR count). The quantitative estimate of drug-likeness (QED) is 0.343. The van der Waals surface area contributed by atoms with Gasteiger partial charge in [0.25, 0.3) is 0 Å². The van der Waals surface area contributed by atoms with Gasteiger partial charge in [0, 0.05) is 5.41 Å². The molecule has 0 aromatic heterocycles. The second-order valence-electron chi connectivity index (χ2n) is 12.9. The lowest BCUT2D eigenvalue weighted by Crippen LogP contribution is -2.63. The van der Waals surface area contributed by atoms with Crippen molar-refractivity contribution >= 4 is 14.0 Å². The maximum absolute atomic E-state index is 13.0. The number of hydrogen-bond acceptors (Lipinski definition) is 3. The van der Waals surface area contributed by atoms with Crippen molar-refractivity contribution in [3.05, 3.63) is 0 Å². The minimum absolute atomic E-state index is 0.321. The molecule has 0 aliphatic heterocycles. The number of esters is 1. The Kier molecular flexibility index (Phi) is 7.40. The van der Waals surface area contributed by atoms with Crippen LogP contribution in [0.2, 0.25) is 23.7 Å². The van der Waals surface area contributed by atoms with Crippen LogP contribution in [0, 0.1) is 40.4 Å². The average molecular weight is 465 g/mol. The van der Waals surface area contributed by atoms with E-state index in [0.717, 1.165) is 30.7 Å². The van der Waals surface area contributed by atoms with Gasteiger partial charge in [-0.15, -0.1) is 0 Å². The predicted molar refractivity (Wildman–Crippen MR) is 136 cm³/mol. The van der Waals surface area contributed by atoms with Gasteiger partial charge >= 0.3 is 5.97 Å². The van der Waals surface area contributed by atoms with E-state index in [-0.39, 0.29) is 0 Å². The molecule has 1 N–H and O–H groups in total. The Hall–Kier alpha value is -0.353. The van der Waals surface area contributed by atoms with E-state index in [4.69, 9.17) is 4.74 Å². The first-order valence-electron chi connectivity index (χ1n) is 13.7. The Balaban J connectivity index is 2.14. The molecule has 0 amide bonds. The lowest BCUT2D eigenvalue weighted by molar-refractivity contribution is -0.208. The number of fused-ring (bicyclic) bond motifs is 3. The molecule has 3 fully saturated rings. The molecule has 3 aliphatic carbocycles.